The molecule has 230 valence electrons. The first-order valence-corrected chi connectivity index (χ1v) is 14.3. The third-order valence-corrected chi connectivity index (χ3v) is 6.98. The number of carbonyl (C=O) groups excluding carboxylic acids is 3. The average molecular weight is 629 g/mol. The Morgan fingerprint density at radius 2 is 1.56 bits per heavy atom. The molecule has 0 aromatic heterocycles. The number of benzene rings is 4. The Bertz CT molecular complexity index is 1760. The Hall–Kier alpha value is -5.48. The Morgan fingerprint density at radius 3 is 2.27 bits per heavy atom. The van der Waals surface area contributed by atoms with Gasteiger partial charge in [0.15, 0.2) is 23.0 Å². The molecule has 1 aliphatic rings. The molecule has 0 bridgehead atoms. The number of amides is 4. The highest BCUT2D eigenvalue weighted by atomic mass is 35.5. The summed E-state index contributed by atoms with van der Waals surface area (Å²) in [4.78, 5) is 39.2. The Balaban J connectivity index is 1.35. The second-order valence-corrected chi connectivity index (χ2v) is 10.2. The highest BCUT2D eigenvalue weighted by Crippen LogP contribution is 2.39. The predicted octanol–water partition coefficient (Wildman–Crippen LogP) is 6.28. The summed E-state index contributed by atoms with van der Waals surface area (Å²) in [5.74, 6) is -0.0533. The van der Waals surface area contributed by atoms with E-state index in [0.29, 0.717) is 29.4 Å². The zero-order valence-corrected chi connectivity index (χ0v) is 25.2. The minimum absolute atomic E-state index is 0.0418. The molecule has 1 saturated heterocycles. The molecule has 4 aromatic carbocycles. The van der Waals surface area contributed by atoms with Crippen molar-refractivity contribution in [3.8, 4) is 28.7 Å². The molecule has 11 heteroatoms. The summed E-state index contributed by atoms with van der Waals surface area (Å²) >= 11 is 6.62. The van der Waals surface area contributed by atoms with Crippen LogP contribution in [-0.4, -0.2) is 36.7 Å². The van der Waals surface area contributed by atoms with Gasteiger partial charge in [0, 0.05) is 0 Å². The van der Waals surface area contributed by atoms with Crippen LogP contribution >= 0.6 is 11.6 Å². The van der Waals surface area contributed by atoms with Crippen molar-refractivity contribution in [3.05, 3.63) is 112 Å². The number of phenols is 1. The van der Waals surface area contributed by atoms with Gasteiger partial charge in [0.25, 0.3) is 11.8 Å². The lowest BCUT2D eigenvalue weighted by molar-refractivity contribution is -0.122. The fourth-order valence-corrected chi connectivity index (χ4v) is 4.82. The standard InChI is InChI=1S/C34H29ClN2O8/c1-3-43-30-18-23(15-26-32(39)36-34(41)37(33(26)40)24-10-12-25(38)13-11-24)16-27(35)31(30)45-20-22-9-14-28(29(17-22)42-2)44-19-21-7-5-4-6-8-21/h4-18,38H,3,19-20H2,1-2H3,(H,36,39,41)/b26-15-. The number of hydrogen-bond donors (Lipinski definition) is 2. The number of rotatable bonds is 11. The van der Waals surface area contributed by atoms with Gasteiger partial charge in [0.2, 0.25) is 0 Å². The van der Waals surface area contributed by atoms with E-state index >= 15 is 0 Å². The predicted molar refractivity (Wildman–Crippen MR) is 168 cm³/mol. The Morgan fingerprint density at radius 1 is 0.822 bits per heavy atom. The number of urea groups is 1. The van der Waals surface area contributed by atoms with Crippen LogP contribution in [0.4, 0.5) is 10.5 Å². The number of imide groups is 2. The lowest BCUT2D eigenvalue weighted by atomic mass is 10.1. The highest BCUT2D eigenvalue weighted by molar-refractivity contribution is 6.39. The van der Waals surface area contributed by atoms with Crippen LogP contribution in [0.1, 0.15) is 23.6 Å². The molecule has 1 heterocycles. The van der Waals surface area contributed by atoms with Gasteiger partial charge in [0.05, 0.1) is 24.4 Å². The zero-order valence-electron chi connectivity index (χ0n) is 24.4. The van der Waals surface area contributed by atoms with Crippen molar-refractivity contribution >= 4 is 41.2 Å². The van der Waals surface area contributed by atoms with E-state index in [4.69, 9.17) is 30.5 Å². The maximum absolute atomic E-state index is 13.3. The van der Waals surface area contributed by atoms with Crippen LogP contribution in [0.15, 0.2) is 90.5 Å². The first-order valence-electron chi connectivity index (χ1n) is 13.9. The maximum atomic E-state index is 13.3. The number of halogens is 1. The average Bonchev–Trinajstić information content (AvgIpc) is 3.03. The van der Waals surface area contributed by atoms with Crippen molar-refractivity contribution in [2.75, 3.05) is 18.6 Å². The number of carbonyl (C=O) groups is 3. The van der Waals surface area contributed by atoms with Gasteiger partial charge in [-0.3, -0.25) is 14.9 Å². The van der Waals surface area contributed by atoms with E-state index in [0.717, 1.165) is 16.0 Å². The molecule has 1 aliphatic heterocycles. The van der Waals surface area contributed by atoms with Gasteiger partial charge < -0.3 is 24.1 Å². The number of phenolic OH excluding ortho intramolecular Hbond substituents is 1. The smallest absolute Gasteiger partial charge is 0.335 e. The minimum atomic E-state index is -0.906. The summed E-state index contributed by atoms with van der Waals surface area (Å²) < 4.78 is 23.3. The molecule has 45 heavy (non-hydrogen) atoms. The topological polar surface area (TPSA) is 124 Å². The molecule has 10 nitrogen and oxygen atoms in total. The first-order chi connectivity index (χ1) is 21.8. The number of barbiturate groups is 1. The molecule has 0 radical (unpaired) electrons. The van der Waals surface area contributed by atoms with Crippen LogP contribution in [0, 0.1) is 0 Å². The lowest BCUT2D eigenvalue weighted by Crippen LogP contribution is -2.54. The minimum Gasteiger partial charge on any atom is -0.508 e. The summed E-state index contributed by atoms with van der Waals surface area (Å²) in [5, 5.41) is 11.9. The number of hydrogen-bond acceptors (Lipinski definition) is 8. The molecule has 4 amide bonds. The zero-order chi connectivity index (χ0) is 31.9. The fourth-order valence-electron chi connectivity index (χ4n) is 4.55. The van der Waals surface area contributed by atoms with Gasteiger partial charge >= 0.3 is 6.03 Å². The van der Waals surface area contributed by atoms with Crippen molar-refractivity contribution in [2.45, 2.75) is 20.1 Å². The van der Waals surface area contributed by atoms with Gasteiger partial charge in [-0.1, -0.05) is 48.0 Å². The van der Waals surface area contributed by atoms with E-state index in [9.17, 15) is 19.5 Å². The highest BCUT2D eigenvalue weighted by Gasteiger charge is 2.37. The molecule has 0 aliphatic carbocycles. The summed E-state index contributed by atoms with van der Waals surface area (Å²) in [6.07, 6.45) is 1.31. The second-order valence-electron chi connectivity index (χ2n) is 9.79. The summed E-state index contributed by atoms with van der Waals surface area (Å²) in [6, 6.07) is 22.9. The van der Waals surface area contributed by atoms with Crippen molar-refractivity contribution in [1.82, 2.24) is 5.32 Å². The van der Waals surface area contributed by atoms with Gasteiger partial charge in [-0.25, -0.2) is 9.69 Å². The fraction of sp³-hybridized carbons (Fsp3) is 0.147. The van der Waals surface area contributed by atoms with E-state index in [1.807, 2.05) is 42.5 Å². The summed E-state index contributed by atoms with van der Waals surface area (Å²) in [6.45, 7) is 2.60. The third kappa shape index (κ3) is 7.19. The molecular formula is C34H29ClN2O8. The molecule has 0 atom stereocenters. The largest absolute Gasteiger partial charge is 0.508 e. The van der Waals surface area contributed by atoms with Crippen molar-refractivity contribution in [3.63, 3.8) is 0 Å². The van der Waals surface area contributed by atoms with Crippen molar-refractivity contribution in [1.29, 1.82) is 0 Å². The molecule has 1 fully saturated rings. The normalized spacial score (nSPS) is 13.9. The molecule has 0 saturated carbocycles. The van der Waals surface area contributed by atoms with Gasteiger partial charge in [0.1, 0.15) is 24.5 Å². The van der Waals surface area contributed by atoms with Crippen LogP contribution in [0.5, 0.6) is 28.7 Å². The lowest BCUT2D eigenvalue weighted by Gasteiger charge is -2.26. The Kier molecular flexibility index (Phi) is 9.54. The van der Waals surface area contributed by atoms with E-state index in [2.05, 4.69) is 5.32 Å². The van der Waals surface area contributed by atoms with E-state index in [-0.39, 0.29) is 41.0 Å². The van der Waals surface area contributed by atoms with E-state index in [1.54, 1.807) is 26.2 Å². The molecule has 5 rings (SSSR count). The number of nitrogens with zero attached hydrogens (tertiary/aromatic N) is 1. The first kappa shape index (κ1) is 31.0. The number of ether oxygens (including phenoxy) is 4. The SMILES string of the molecule is CCOc1cc(/C=C2/C(=O)NC(=O)N(c3ccc(O)cc3)C2=O)cc(Cl)c1OCc1ccc(OCc2ccccc2)c(OC)c1. The second kappa shape index (κ2) is 13.9. The molecule has 0 spiro atoms. The monoisotopic (exact) mass is 628 g/mol. The van der Waals surface area contributed by atoms with Crippen LogP contribution in [-0.2, 0) is 22.8 Å². The quantitative estimate of drug-likeness (QED) is 0.147. The number of anilines is 1. The number of nitrogens with one attached hydrogen (secondary N) is 1. The van der Waals surface area contributed by atoms with Gasteiger partial charge in [-0.2, -0.15) is 0 Å². The molecular weight excluding hydrogens is 600 g/mol. The van der Waals surface area contributed by atoms with Crippen molar-refractivity contribution in [2.24, 2.45) is 0 Å². The summed E-state index contributed by atoms with van der Waals surface area (Å²) in [7, 11) is 1.56. The Labute approximate surface area is 264 Å². The van der Waals surface area contributed by atoms with E-state index < -0.39 is 17.8 Å². The molecule has 2 N–H and O–H groups in total. The van der Waals surface area contributed by atoms with Crippen LogP contribution in [0.25, 0.3) is 6.08 Å². The van der Waals surface area contributed by atoms with Crippen LogP contribution in [0.3, 0.4) is 0 Å². The van der Waals surface area contributed by atoms with E-state index in [1.165, 1.54) is 36.4 Å². The third-order valence-electron chi connectivity index (χ3n) is 6.70. The molecule has 4 aromatic rings. The van der Waals surface area contributed by atoms with Crippen LogP contribution < -0.4 is 29.2 Å². The van der Waals surface area contributed by atoms with Crippen LogP contribution in [0.2, 0.25) is 5.02 Å². The van der Waals surface area contributed by atoms with Gasteiger partial charge in [-0.05, 0) is 78.2 Å². The maximum Gasteiger partial charge on any atom is 0.335 e. The molecule has 0 unspecified atom stereocenters. The number of aromatic hydroxyl groups is 1. The summed E-state index contributed by atoms with van der Waals surface area (Å²) in [5.41, 5.74) is 2.07. The van der Waals surface area contributed by atoms with Crippen molar-refractivity contribution < 1.29 is 38.4 Å². The van der Waals surface area contributed by atoms with Gasteiger partial charge in [-0.15, -0.1) is 0 Å². The number of methoxy groups -OCH3 is 1.